The summed E-state index contributed by atoms with van der Waals surface area (Å²) < 4.78 is 20.6. The van der Waals surface area contributed by atoms with E-state index in [-0.39, 0.29) is 13.2 Å². The standard InChI is InChI=1S/C20H22O8/c1-15(13-23-17-9-5-3-6-10-17)25-19(21)27-28-20(22)26-16(2)14-24-18-11-7-4-8-12-18/h3-12,15-16H,13-14H2,1-2H3. The lowest BCUT2D eigenvalue weighted by Crippen LogP contribution is -2.25. The van der Waals surface area contributed by atoms with Crippen molar-refractivity contribution in [3.63, 3.8) is 0 Å². The van der Waals surface area contributed by atoms with Crippen molar-refractivity contribution in [2.45, 2.75) is 26.1 Å². The monoisotopic (exact) mass is 390 g/mol. The second-order valence-corrected chi connectivity index (χ2v) is 5.77. The predicted octanol–water partition coefficient (Wildman–Crippen LogP) is 4.14. The lowest BCUT2D eigenvalue weighted by Gasteiger charge is -2.14. The third-order valence-electron chi connectivity index (χ3n) is 3.23. The van der Waals surface area contributed by atoms with Gasteiger partial charge in [-0.1, -0.05) is 36.4 Å². The molecule has 28 heavy (non-hydrogen) atoms. The van der Waals surface area contributed by atoms with Crippen LogP contribution in [0.5, 0.6) is 11.5 Å². The smallest absolute Gasteiger partial charge is 0.490 e. The van der Waals surface area contributed by atoms with Gasteiger partial charge in [-0.3, -0.25) is 0 Å². The molecule has 0 radical (unpaired) electrons. The van der Waals surface area contributed by atoms with Crippen LogP contribution in [0.25, 0.3) is 0 Å². The number of carbonyl (C=O) groups is 2. The fraction of sp³-hybridized carbons (Fsp3) is 0.300. The van der Waals surface area contributed by atoms with E-state index >= 15 is 0 Å². The normalized spacial score (nSPS) is 12.2. The van der Waals surface area contributed by atoms with Gasteiger partial charge in [0.25, 0.3) is 0 Å². The van der Waals surface area contributed by atoms with Gasteiger partial charge >= 0.3 is 12.3 Å². The highest BCUT2D eigenvalue weighted by Crippen LogP contribution is 2.10. The van der Waals surface area contributed by atoms with Crippen LogP contribution in [0, 0.1) is 0 Å². The Labute approximate surface area is 162 Å². The van der Waals surface area contributed by atoms with Crippen molar-refractivity contribution in [2.75, 3.05) is 13.2 Å². The van der Waals surface area contributed by atoms with Crippen molar-refractivity contribution in [3.8, 4) is 11.5 Å². The molecule has 0 N–H and O–H groups in total. The molecule has 0 saturated heterocycles. The van der Waals surface area contributed by atoms with Gasteiger partial charge in [-0.2, -0.15) is 19.4 Å². The first-order valence-corrected chi connectivity index (χ1v) is 8.64. The molecular formula is C20H22O8. The largest absolute Gasteiger partial charge is 0.550 e. The SMILES string of the molecule is CC(COc1ccccc1)OC(=O)OOC(=O)OC(C)COc1ccccc1. The number of para-hydroxylation sites is 2. The molecule has 150 valence electrons. The quantitative estimate of drug-likeness (QED) is 0.377. The van der Waals surface area contributed by atoms with E-state index in [4.69, 9.17) is 18.9 Å². The number of hydrogen-bond acceptors (Lipinski definition) is 8. The van der Waals surface area contributed by atoms with Crippen LogP contribution < -0.4 is 9.47 Å². The Bertz CT molecular complexity index is 656. The summed E-state index contributed by atoms with van der Waals surface area (Å²) in [6, 6.07) is 18.1. The fourth-order valence-corrected chi connectivity index (χ4v) is 1.96. The molecule has 0 heterocycles. The first-order valence-electron chi connectivity index (χ1n) is 8.64. The number of carbonyl (C=O) groups excluding carboxylic acids is 2. The van der Waals surface area contributed by atoms with E-state index < -0.39 is 24.5 Å². The molecule has 2 atom stereocenters. The van der Waals surface area contributed by atoms with E-state index in [1.165, 1.54) is 0 Å². The van der Waals surface area contributed by atoms with E-state index in [0.29, 0.717) is 11.5 Å². The minimum atomic E-state index is -1.19. The zero-order chi connectivity index (χ0) is 20.2. The zero-order valence-corrected chi connectivity index (χ0v) is 15.6. The molecule has 0 bridgehead atoms. The second-order valence-electron chi connectivity index (χ2n) is 5.77. The molecule has 2 aromatic rings. The Hall–Kier alpha value is -3.42. The molecule has 2 aromatic carbocycles. The summed E-state index contributed by atoms with van der Waals surface area (Å²) in [5.41, 5.74) is 0. The topological polar surface area (TPSA) is 89.5 Å². The Morgan fingerprint density at radius 3 is 1.39 bits per heavy atom. The van der Waals surface area contributed by atoms with Gasteiger partial charge in [0.05, 0.1) is 0 Å². The van der Waals surface area contributed by atoms with Crippen molar-refractivity contribution >= 4 is 12.3 Å². The first kappa shape index (κ1) is 20.9. The zero-order valence-electron chi connectivity index (χ0n) is 15.6. The maximum Gasteiger partial charge on any atom is 0.550 e. The Morgan fingerprint density at radius 1 is 0.679 bits per heavy atom. The molecule has 0 aliphatic carbocycles. The van der Waals surface area contributed by atoms with E-state index in [0.717, 1.165) is 0 Å². The van der Waals surface area contributed by atoms with Gasteiger partial charge in [-0.05, 0) is 38.1 Å². The molecule has 8 nitrogen and oxygen atoms in total. The van der Waals surface area contributed by atoms with E-state index in [1.54, 1.807) is 38.1 Å². The molecule has 0 spiro atoms. The van der Waals surface area contributed by atoms with Crippen LogP contribution >= 0.6 is 0 Å². The lowest BCUT2D eigenvalue weighted by atomic mass is 10.3. The third-order valence-corrected chi connectivity index (χ3v) is 3.23. The van der Waals surface area contributed by atoms with Crippen LogP contribution in [0.2, 0.25) is 0 Å². The van der Waals surface area contributed by atoms with Crippen molar-refractivity contribution < 1.29 is 38.3 Å². The van der Waals surface area contributed by atoms with Gasteiger partial charge in [-0.15, -0.1) is 0 Å². The summed E-state index contributed by atoms with van der Waals surface area (Å²) in [7, 11) is 0. The predicted molar refractivity (Wildman–Crippen MR) is 97.9 cm³/mol. The number of hydrogen-bond donors (Lipinski definition) is 0. The van der Waals surface area contributed by atoms with E-state index in [2.05, 4.69) is 9.78 Å². The van der Waals surface area contributed by atoms with Gasteiger partial charge < -0.3 is 18.9 Å². The average molecular weight is 390 g/mol. The molecule has 2 rings (SSSR count). The maximum atomic E-state index is 11.5. The van der Waals surface area contributed by atoms with Crippen LogP contribution in [0.15, 0.2) is 60.7 Å². The molecule has 0 aliphatic heterocycles. The van der Waals surface area contributed by atoms with Crippen LogP contribution in [0.3, 0.4) is 0 Å². The van der Waals surface area contributed by atoms with Gasteiger partial charge in [0, 0.05) is 0 Å². The summed E-state index contributed by atoms with van der Waals surface area (Å²) in [5.74, 6) is 1.27. The Balaban J connectivity index is 1.58. The highest BCUT2D eigenvalue weighted by Gasteiger charge is 2.18. The van der Waals surface area contributed by atoms with Crippen molar-refractivity contribution in [1.29, 1.82) is 0 Å². The van der Waals surface area contributed by atoms with Crippen molar-refractivity contribution in [1.82, 2.24) is 0 Å². The van der Waals surface area contributed by atoms with E-state index in [1.807, 2.05) is 36.4 Å². The summed E-state index contributed by atoms with van der Waals surface area (Å²) in [6.07, 6.45) is -3.61. The van der Waals surface area contributed by atoms with E-state index in [9.17, 15) is 9.59 Å². The summed E-state index contributed by atoms with van der Waals surface area (Å²) >= 11 is 0. The number of ether oxygens (including phenoxy) is 4. The van der Waals surface area contributed by atoms with Crippen molar-refractivity contribution in [3.05, 3.63) is 60.7 Å². The minimum Gasteiger partial charge on any atom is -0.490 e. The van der Waals surface area contributed by atoms with Gasteiger partial charge in [0.1, 0.15) is 36.9 Å². The van der Waals surface area contributed by atoms with Gasteiger partial charge in [0.2, 0.25) is 0 Å². The molecule has 8 heteroatoms. The Morgan fingerprint density at radius 2 is 1.04 bits per heavy atom. The summed E-state index contributed by atoms with van der Waals surface area (Å²) in [5, 5.41) is 0. The van der Waals surface area contributed by atoms with Crippen LogP contribution in [0.1, 0.15) is 13.8 Å². The highest BCUT2D eigenvalue weighted by molar-refractivity contribution is 5.63. The molecule has 0 saturated carbocycles. The number of benzene rings is 2. The molecule has 0 aromatic heterocycles. The molecule has 0 amide bonds. The molecular weight excluding hydrogens is 368 g/mol. The summed E-state index contributed by atoms with van der Waals surface area (Å²) in [4.78, 5) is 31.5. The lowest BCUT2D eigenvalue weighted by molar-refractivity contribution is -0.225. The highest BCUT2D eigenvalue weighted by atomic mass is 17.3. The second kappa shape index (κ2) is 11.3. The molecule has 2 unspecified atom stereocenters. The number of rotatable bonds is 8. The third kappa shape index (κ3) is 8.31. The van der Waals surface area contributed by atoms with Crippen LogP contribution in [-0.4, -0.2) is 37.7 Å². The Kier molecular flexibility index (Phi) is 8.45. The van der Waals surface area contributed by atoms with Crippen LogP contribution in [-0.2, 0) is 19.2 Å². The van der Waals surface area contributed by atoms with Gasteiger partial charge in [-0.25, -0.2) is 0 Å². The average Bonchev–Trinajstić information content (AvgIpc) is 2.71. The fourth-order valence-electron chi connectivity index (χ4n) is 1.96. The maximum absolute atomic E-state index is 11.5. The first-order chi connectivity index (χ1) is 13.5. The van der Waals surface area contributed by atoms with Crippen LogP contribution in [0.4, 0.5) is 9.59 Å². The molecule has 0 fully saturated rings. The minimum absolute atomic E-state index is 0.109. The molecule has 0 aliphatic rings. The van der Waals surface area contributed by atoms with Crippen molar-refractivity contribution in [2.24, 2.45) is 0 Å². The summed E-state index contributed by atoms with van der Waals surface area (Å²) in [6.45, 7) is 3.42. The van der Waals surface area contributed by atoms with Gasteiger partial charge in [0.15, 0.2) is 0 Å².